The molecule has 1 aliphatic rings. The molecule has 0 bridgehead atoms. The Kier molecular flexibility index (Phi) is 4.57. The van der Waals surface area contributed by atoms with Crippen molar-refractivity contribution in [2.75, 3.05) is 13.2 Å². The van der Waals surface area contributed by atoms with E-state index in [0.29, 0.717) is 12.1 Å². The molecule has 0 aliphatic carbocycles. The Morgan fingerprint density at radius 3 is 3.18 bits per heavy atom. The van der Waals surface area contributed by atoms with Gasteiger partial charge in [-0.3, -0.25) is 4.68 Å². The molecule has 2 rings (SSSR count). The summed E-state index contributed by atoms with van der Waals surface area (Å²) in [4.78, 5) is 0. The van der Waals surface area contributed by atoms with E-state index in [1.165, 1.54) is 18.4 Å². The van der Waals surface area contributed by atoms with Crippen molar-refractivity contribution in [2.45, 2.75) is 44.8 Å². The molecule has 0 unspecified atom stereocenters. The molecule has 0 radical (unpaired) electrons. The second-order valence-electron chi connectivity index (χ2n) is 4.92. The Morgan fingerprint density at radius 1 is 1.65 bits per heavy atom. The summed E-state index contributed by atoms with van der Waals surface area (Å²) in [5, 5.41) is 7.72. The summed E-state index contributed by atoms with van der Waals surface area (Å²) in [5.74, 6) is 0. The average molecular weight is 237 g/mol. The zero-order valence-corrected chi connectivity index (χ0v) is 10.9. The summed E-state index contributed by atoms with van der Waals surface area (Å²) >= 11 is 0. The van der Waals surface area contributed by atoms with Gasteiger partial charge in [0.2, 0.25) is 0 Å². The highest BCUT2D eigenvalue weighted by Crippen LogP contribution is 2.15. The van der Waals surface area contributed by atoms with Gasteiger partial charge in [0.25, 0.3) is 0 Å². The Bertz CT molecular complexity index is 331. The van der Waals surface area contributed by atoms with E-state index < -0.39 is 0 Å². The van der Waals surface area contributed by atoms with E-state index in [1.54, 1.807) is 0 Å². The smallest absolute Gasteiger partial charge is 0.0726 e. The maximum atomic E-state index is 5.66. The monoisotopic (exact) mass is 237 g/mol. The Balaban J connectivity index is 1.59. The van der Waals surface area contributed by atoms with Gasteiger partial charge in [-0.15, -0.1) is 0 Å². The maximum Gasteiger partial charge on any atom is 0.0726 e. The molecule has 4 nitrogen and oxygen atoms in total. The van der Waals surface area contributed by atoms with Crippen molar-refractivity contribution in [3.8, 4) is 0 Å². The molecule has 0 amide bonds. The van der Waals surface area contributed by atoms with Crippen molar-refractivity contribution in [3.63, 3.8) is 0 Å². The van der Waals surface area contributed by atoms with Gasteiger partial charge in [-0.25, -0.2) is 0 Å². The molecule has 1 aromatic heterocycles. The van der Waals surface area contributed by atoms with Crippen LogP contribution in [0.1, 0.15) is 31.7 Å². The maximum absolute atomic E-state index is 5.66. The van der Waals surface area contributed by atoms with Crippen LogP contribution in [-0.4, -0.2) is 35.1 Å². The summed E-state index contributed by atoms with van der Waals surface area (Å²) < 4.78 is 7.52. The van der Waals surface area contributed by atoms with Gasteiger partial charge in [0.15, 0.2) is 0 Å². The molecule has 0 spiro atoms. The van der Waals surface area contributed by atoms with Crippen molar-refractivity contribution in [1.82, 2.24) is 15.1 Å². The van der Waals surface area contributed by atoms with Gasteiger partial charge < -0.3 is 10.1 Å². The van der Waals surface area contributed by atoms with Gasteiger partial charge in [-0.2, -0.15) is 5.10 Å². The molecular formula is C13H23N3O. The lowest BCUT2D eigenvalue weighted by Crippen LogP contribution is -2.37. The molecule has 0 saturated carbocycles. The number of nitrogens with one attached hydrogen (secondary N) is 1. The SMILES string of the molecule is C[C@H](NCCCc1cnn(C)c1)[C@@H]1CCCO1. The number of hydrogen-bond acceptors (Lipinski definition) is 3. The van der Waals surface area contributed by atoms with Crippen LogP contribution >= 0.6 is 0 Å². The van der Waals surface area contributed by atoms with Crippen LogP contribution in [0.3, 0.4) is 0 Å². The highest BCUT2D eigenvalue weighted by Gasteiger charge is 2.21. The van der Waals surface area contributed by atoms with Crippen molar-refractivity contribution in [3.05, 3.63) is 18.0 Å². The van der Waals surface area contributed by atoms with Gasteiger partial charge in [0.05, 0.1) is 12.3 Å². The second-order valence-corrected chi connectivity index (χ2v) is 4.92. The minimum Gasteiger partial charge on any atom is -0.377 e. The van der Waals surface area contributed by atoms with Crippen LogP contribution in [0.4, 0.5) is 0 Å². The molecule has 4 heteroatoms. The highest BCUT2D eigenvalue weighted by atomic mass is 16.5. The van der Waals surface area contributed by atoms with E-state index in [1.807, 2.05) is 17.9 Å². The van der Waals surface area contributed by atoms with E-state index in [2.05, 4.69) is 23.5 Å². The lowest BCUT2D eigenvalue weighted by Gasteiger charge is -2.19. The lowest BCUT2D eigenvalue weighted by molar-refractivity contribution is 0.0837. The third kappa shape index (κ3) is 3.82. The molecule has 0 aromatic carbocycles. The van der Waals surface area contributed by atoms with Crippen molar-refractivity contribution < 1.29 is 4.74 Å². The summed E-state index contributed by atoms with van der Waals surface area (Å²) in [5.41, 5.74) is 1.32. The first-order valence-corrected chi connectivity index (χ1v) is 6.58. The predicted molar refractivity (Wildman–Crippen MR) is 68.0 cm³/mol. The number of nitrogens with zero attached hydrogens (tertiary/aromatic N) is 2. The third-order valence-corrected chi connectivity index (χ3v) is 3.39. The first-order valence-electron chi connectivity index (χ1n) is 6.58. The van der Waals surface area contributed by atoms with Crippen LogP contribution in [0.2, 0.25) is 0 Å². The molecule has 1 saturated heterocycles. The number of ether oxygens (including phenoxy) is 1. The van der Waals surface area contributed by atoms with E-state index in [-0.39, 0.29) is 0 Å². The zero-order chi connectivity index (χ0) is 12.1. The van der Waals surface area contributed by atoms with Crippen molar-refractivity contribution in [1.29, 1.82) is 0 Å². The van der Waals surface area contributed by atoms with Gasteiger partial charge in [0, 0.05) is 25.9 Å². The van der Waals surface area contributed by atoms with E-state index >= 15 is 0 Å². The molecule has 1 N–H and O–H groups in total. The summed E-state index contributed by atoms with van der Waals surface area (Å²) in [6.45, 7) is 4.21. The van der Waals surface area contributed by atoms with E-state index in [0.717, 1.165) is 26.0 Å². The second kappa shape index (κ2) is 6.17. The average Bonchev–Trinajstić information content (AvgIpc) is 2.95. The predicted octanol–water partition coefficient (Wildman–Crippen LogP) is 1.51. The quantitative estimate of drug-likeness (QED) is 0.762. The lowest BCUT2D eigenvalue weighted by atomic mass is 10.1. The van der Waals surface area contributed by atoms with Crippen LogP contribution < -0.4 is 5.32 Å². The van der Waals surface area contributed by atoms with Gasteiger partial charge in [-0.05, 0) is 44.7 Å². The fourth-order valence-corrected chi connectivity index (χ4v) is 2.35. The molecule has 1 aliphatic heterocycles. The first kappa shape index (κ1) is 12.6. The molecular weight excluding hydrogens is 214 g/mol. The molecule has 96 valence electrons. The highest BCUT2D eigenvalue weighted by molar-refractivity contribution is 5.03. The zero-order valence-electron chi connectivity index (χ0n) is 10.9. The minimum atomic E-state index is 0.424. The van der Waals surface area contributed by atoms with E-state index in [4.69, 9.17) is 4.74 Å². The van der Waals surface area contributed by atoms with Crippen LogP contribution in [0.5, 0.6) is 0 Å². The molecule has 2 heterocycles. The van der Waals surface area contributed by atoms with Crippen LogP contribution in [0.25, 0.3) is 0 Å². The normalized spacial score (nSPS) is 21.9. The van der Waals surface area contributed by atoms with Crippen LogP contribution in [0.15, 0.2) is 12.4 Å². The third-order valence-electron chi connectivity index (χ3n) is 3.39. The Labute approximate surface area is 103 Å². The number of aryl methyl sites for hydroxylation is 2. The fourth-order valence-electron chi connectivity index (χ4n) is 2.35. The molecule has 1 fully saturated rings. The van der Waals surface area contributed by atoms with E-state index in [9.17, 15) is 0 Å². The van der Waals surface area contributed by atoms with Crippen molar-refractivity contribution in [2.24, 2.45) is 7.05 Å². The molecule has 2 atom stereocenters. The van der Waals surface area contributed by atoms with Gasteiger partial charge in [-0.1, -0.05) is 0 Å². The van der Waals surface area contributed by atoms with Crippen molar-refractivity contribution >= 4 is 0 Å². The van der Waals surface area contributed by atoms with Crippen LogP contribution in [-0.2, 0) is 18.2 Å². The molecule has 1 aromatic rings. The number of hydrogen-bond donors (Lipinski definition) is 1. The van der Waals surface area contributed by atoms with Gasteiger partial charge >= 0.3 is 0 Å². The summed E-state index contributed by atoms with van der Waals surface area (Å²) in [6, 6.07) is 0.478. The summed E-state index contributed by atoms with van der Waals surface area (Å²) in [6.07, 6.45) is 9.13. The Hall–Kier alpha value is -0.870. The van der Waals surface area contributed by atoms with Gasteiger partial charge in [0.1, 0.15) is 0 Å². The number of rotatable bonds is 6. The fraction of sp³-hybridized carbons (Fsp3) is 0.769. The topological polar surface area (TPSA) is 39.1 Å². The number of aromatic nitrogens is 2. The molecule has 17 heavy (non-hydrogen) atoms. The largest absolute Gasteiger partial charge is 0.377 e. The summed E-state index contributed by atoms with van der Waals surface area (Å²) in [7, 11) is 1.96. The minimum absolute atomic E-state index is 0.424. The van der Waals surface area contributed by atoms with Crippen LogP contribution in [0, 0.1) is 0 Å². The standard InChI is InChI=1S/C13H23N3O/c1-11(13-6-4-8-17-13)14-7-3-5-12-9-15-16(2)10-12/h9-11,13-14H,3-8H2,1-2H3/t11-,13-/m0/s1. The Morgan fingerprint density at radius 2 is 2.53 bits per heavy atom. The first-order chi connectivity index (χ1) is 8.25.